The molecule has 1 aliphatic rings. The first-order valence-corrected chi connectivity index (χ1v) is 6.67. The van der Waals surface area contributed by atoms with Gasteiger partial charge in [0.05, 0.1) is 6.42 Å². The number of primary amides is 1. The standard InChI is InChI=1S/C16H15N3O2/c17-14(20)9-10-5-7-11(8-6-10)18-15-12-3-1-2-4-13(12)19-16(15)21/h1-8,15,18H,9H2,(H2,17,20)(H,19,21). The fraction of sp³-hybridized carbons (Fsp3) is 0.125. The predicted molar refractivity (Wildman–Crippen MR) is 80.8 cm³/mol. The topological polar surface area (TPSA) is 84.2 Å². The van der Waals surface area contributed by atoms with Gasteiger partial charge in [0.2, 0.25) is 5.91 Å². The molecule has 1 heterocycles. The highest BCUT2D eigenvalue weighted by atomic mass is 16.2. The van der Waals surface area contributed by atoms with Crippen molar-refractivity contribution in [3.8, 4) is 0 Å². The summed E-state index contributed by atoms with van der Waals surface area (Å²) in [5.74, 6) is -0.433. The van der Waals surface area contributed by atoms with E-state index in [4.69, 9.17) is 5.73 Å². The van der Waals surface area contributed by atoms with Crippen molar-refractivity contribution in [1.29, 1.82) is 0 Å². The van der Waals surface area contributed by atoms with Gasteiger partial charge in [-0.25, -0.2) is 0 Å². The van der Waals surface area contributed by atoms with Gasteiger partial charge in [0.1, 0.15) is 6.04 Å². The van der Waals surface area contributed by atoms with Crippen LogP contribution in [0.1, 0.15) is 17.2 Å². The molecule has 0 radical (unpaired) electrons. The van der Waals surface area contributed by atoms with Crippen LogP contribution < -0.4 is 16.4 Å². The lowest BCUT2D eigenvalue weighted by atomic mass is 10.1. The van der Waals surface area contributed by atoms with Crippen molar-refractivity contribution in [2.45, 2.75) is 12.5 Å². The molecule has 0 spiro atoms. The zero-order valence-electron chi connectivity index (χ0n) is 11.3. The maximum absolute atomic E-state index is 12.0. The molecule has 1 atom stereocenters. The van der Waals surface area contributed by atoms with E-state index in [0.29, 0.717) is 0 Å². The first kappa shape index (κ1) is 13.2. The molecule has 2 amide bonds. The number of anilines is 2. The lowest BCUT2D eigenvalue weighted by Gasteiger charge is -2.13. The molecule has 0 fully saturated rings. The van der Waals surface area contributed by atoms with Crippen LogP contribution in [0.5, 0.6) is 0 Å². The number of rotatable bonds is 4. The van der Waals surface area contributed by atoms with Crippen molar-refractivity contribution < 1.29 is 9.59 Å². The van der Waals surface area contributed by atoms with Crippen LogP contribution in [0, 0.1) is 0 Å². The average molecular weight is 281 g/mol. The summed E-state index contributed by atoms with van der Waals surface area (Å²) in [7, 11) is 0. The van der Waals surface area contributed by atoms with Gasteiger partial charge in [-0.1, -0.05) is 30.3 Å². The minimum absolute atomic E-state index is 0.0718. The van der Waals surface area contributed by atoms with E-state index in [2.05, 4.69) is 10.6 Å². The van der Waals surface area contributed by atoms with Crippen LogP contribution >= 0.6 is 0 Å². The Morgan fingerprint density at radius 2 is 1.86 bits per heavy atom. The van der Waals surface area contributed by atoms with E-state index in [9.17, 15) is 9.59 Å². The minimum Gasteiger partial charge on any atom is -0.370 e. The molecule has 0 bridgehead atoms. The zero-order chi connectivity index (χ0) is 14.8. The van der Waals surface area contributed by atoms with Crippen LogP contribution in [0.2, 0.25) is 0 Å². The molecule has 1 aliphatic heterocycles. The fourth-order valence-electron chi connectivity index (χ4n) is 2.44. The molecule has 21 heavy (non-hydrogen) atoms. The van der Waals surface area contributed by atoms with Crippen LogP contribution in [0.25, 0.3) is 0 Å². The van der Waals surface area contributed by atoms with Crippen molar-refractivity contribution in [1.82, 2.24) is 0 Å². The van der Waals surface area contributed by atoms with Crippen molar-refractivity contribution >= 4 is 23.2 Å². The van der Waals surface area contributed by atoms with Gasteiger partial charge in [0.15, 0.2) is 0 Å². The first-order chi connectivity index (χ1) is 10.1. The molecule has 3 rings (SSSR count). The van der Waals surface area contributed by atoms with E-state index in [1.54, 1.807) is 0 Å². The molecule has 1 unspecified atom stereocenters. The summed E-state index contributed by atoms with van der Waals surface area (Å²) in [6, 6.07) is 14.5. The molecular formula is C16H15N3O2. The van der Waals surface area contributed by atoms with Crippen LogP contribution in [0.3, 0.4) is 0 Å². The van der Waals surface area contributed by atoms with Crippen LogP contribution in [-0.4, -0.2) is 11.8 Å². The Labute approximate surface area is 122 Å². The molecule has 2 aromatic carbocycles. The summed E-state index contributed by atoms with van der Waals surface area (Å²) < 4.78 is 0. The largest absolute Gasteiger partial charge is 0.370 e. The molecular weight excluding hydrogens is 266 g/mol. The SMILES string of the molecule is NC(=O)Cc1ccc(NC2C(=O)Nc3ccccc32)cc1. The van der Waals surface area contributed by atoms with E-state index < -0.39 is 6.04 Å². The summed E-state index contributed by atoms with van der Waals surface area (Å²) in [4.78, 5) is 22.9. The maximum atomic E-state index is 12.0. The fourth-order valence-corrected chi connectivity index (χ4v) is 2.44. The quantitative estimate of drug-likeness (QED) is 0.799. The number of fused-ring (bicyclic) bond motifs is 1. The number of hydrogen-bond acceptors (Lipinski definition) is 3. The number of para-hydroxylation sites is 1. The number of carbonyl (C=O) groups excluding carboxylic acids is 2. The van der Waals surface area contributed by atoms with Gasteiger partial charge in [-0.05, 0) is 23.8 Å². The number of nitrogens with one attached hydrogen (secondary N) is 2. The van der Waals surface area contributed by atoms with E-state index in [1.165, 1.54) is 0 Å². The summed E-state index contributed by atoms with van der Waals surface area (Å²) >= 11 is 0. The van der Waals surface area contributed by atoms with E-state index in [1.807, 2.05) is 48.5 Å². The molecule has 2 aromatic rings. The van der Waals surface area contributed by atoms with Crippen LogP contribution in [0.15, 0.2) is 48.5 Å². The highest BCUT2D eigenvalue weighted by Crippen LogP contribution is 2.32. The van der Waals surface area contributed by atoms with Crippen molar-refractivity contribution in [3.63, 3.8) is 0 Å². The monoisotopic (exact) mass is 281 g/mol. The van der Waals surface area contributed by atoms with Crippen molar-refractivity contribution in [2.24, 2.45) is 5.73 Å². The lowest BCUT2D eigenvalue weighted by Crippen LogP contribution is -2.19. The van der Waals surface area contributed by atoms with Gasteiger partial charge in [-0.15, -0.1) is 0 Å². The van der Waals surface area contributed by atoms with Crippen LogP contribution in [-0.2, 0) is 16.0 Å². The van der Waals surface area contributed by atoms with Gasteiger partial charge in [0.25, 0.3) is 5.91 Å². The maximum Gasteiger partial charge on any atom is 0.251 e. The number of benzene rings is 2. The highest BCUT2D eigenvalue weighted by molar-refractivity contribution is 6.04. The molecule has 0 aliphatic carbocycles. The Morgan fingerprint density at radius 1 is 1.14 bits per heavy atom. The zero-order valence-corrected chi connectivity index (χ0v) is 11.3. The number of carbonyl (C=O) groups is 2. The van der Waals surface area contributed by atoms with Gasteiger partial charge in [0, 0.05) is 16.9 Å². The molecule has 0 aromatic heterocycles. The van der Waals surface area contributed by atoms with Crippen LogP contribution in [0.4, 0.5) is 11.4 Å². The number of nitrogens with two attached hydrogens (primary N) is 1. The smallest absolute Gasteiger partial charge is 0.251 e. The van der Waals surface area contributed by atoms with Crippen molar-refractivity contribution in [3.05, 3.63) is 59.7 Å². The summed E-state index contributed by atoms with van der Waals surface area (Å²) in [5, 5.41) is 6.04. The first-order valence-electron chi connectivity index (χ1n) is 6.67. The second-order valence-electron chi connectivity index (χ2n) is 4.99. The Balaban J connectivity index is 1.78. The Hall–Kier alpha value is -2.82. The lowest BCUT2D eigenvalue weighted by molar-refractivity contribution is -0.117. The Morgan fingerprint density at radius 3 is 2.57 bits per heavy atom. The van der Waals surface area contributed by atoms with E-state index in [0.717, 1.165) is 22.5 Å². The second kappa shape index (κ2) is 5.28. The molecule has 0 saturated carbocycles. The summed E-state index contributed by atoms with van der Waals surface area (Å²) in [5.41, 5.74) is 8.60. The average Bonchev–Trinajstić information content (AvgIpc) is 2.77. The third kappa shape index (κ3) is 2.72. The van der Waals surface area contributed by atoms with Gasteiger partial charge in [-0.2, -0.15) is 0 Å². The second-order valence-corrected chi connectivity index (χ2v) is 4.99. The minimum atomic E-state index is -0.400. The number of hydrogen-bond donors (Lipinski definition) is 3. The van der Waals surface area contributed by atoms with E-state index >= 15 is 0 Å². The third-order valence-electron chi connectivity index (χ3n) is 3.44. The van der Waals surface area contributed by atoms with Gasteiger partial charge < -0.3 is 16.4 Å². The van der Waals surface area contributed by atoms with Gasteiger partial charge in [-0.3, -0.25) is 9.59 Å². The predicted octanol–water partition coefficient (Wildman–Crippen LogP) is 1.82. The highest BCUT2D eigenvalue weighted by Gasteiger charge is 2.29. The Bertz CT molecular complexity index is 695. The molecule has 5 heteroatoms. The Kier molecular flexibility index (Phi) is 3.31. The molecule has 5 nitrogen and oxygen atoms in total. The normalized spacial score (nSPS) is 16.2. The summed E-state index contributed by atoms with van der Waals surface area (Å²) in [6.45, 7) is 0. The van der Waals surface area contributed by atoms with Gasteiger partial charge >= 0.3 is 0 Å². The molecule has 4 N–H and O–H groups in total. The van der Waals surface area contributed by atoms with E-state index in [-0.39, 0.29) is 18.2 Å². The summed E-state index contributed by atoms with van der Waals surface area (Å²) in [6.07, 6.45) is 0.215. The third-order valence-corrected chi connectivity index (χ3v) is 3.44. The molecule has 106 valence electrons. The number of amides is 2. The molecule has 0 saturated heterocycles. The van der Waals surface area contributed by atoms with Crippen molar-refractivity contribution in [2.75, 3.05) is 10.6 Å².